The van der Waals surface area contributed by atoms with Gasteiger partial charge in [-0.15, -0.1) is 0 Å². The van der Waals surface area contributed by atoms with Gasteiger partial charge in [-0.05, 0) is 13.8 Å². The Labute approximate surface area is 101 Å². The number of ether oxygens (including phenoxy) is 1. The van der Waals surface area contributed by atoms with Crippen molar-refractivity contribution in [1.29, 1.82) is 0 Å². The molecule has 92 valence electrons. The van der Waals surface area contributed by atoms with Crippen molar-refractivity contribution in [2.24, 2.45) is 0 Å². The molecule has 2 heterocycles. The molecule has 0 aliphatic heterocycles. The minimum Gasteiger partial charge on any atom is -0.468 e. The van der Waals surface area contributed by atoms with Gasteiger partial charge in [-0.25, -0.2) is 4.98 Å². The van der Waals surface area contributed by atoms with Crippen molar-refractivity contribution >= 4 is 0 Å². The van der Waals surface area contributed by atoms with E-state index in [2.05, 4.69) is 15.1 Å². The van der Waals surface area contributed by atoms with E-state index >= 15 is 0 Å². The predicted molar refractivity (Wildman–Crippen MR) is 63.7 cm³/mol. The third kappa shape index (κ3) is 4.22. The molecule has 17 heavy (non-hydrogen) atoms. The van der Waals surface area contributed by atoms with Crippen molar-refractivity contribution in [2.75, 3.05) is 0 Å². The van der Waals surface area contributed by atoms with Crippen LogP contribution in [0.25, 0.3) is 0 Å². The lowest BCUT2D eigenvalue weighted by Crippen LogP contribution is -1.97. The van der Waals surface area contributed by atoms with Crippen LogP contribution in [0.5, 0.6) is 5.88 Å². The molecule has 0 aliphatic carbocycles. The van der Waals surface area contributed by atoms with Crippen LogP contribution in [0.1, 0.15) is 31.0 Å². The quantitative estimate of drug-likeness (QED) is 0.818. The fraction of sp³-hybridized carbons (Fsp3) is 0.417. The van der Waals surface area contributed by atoms with Crippen LogP contribution in [0, 0.1) is 13.8 Å². The minimum absolute atomic E-state index is 0.318. The van der Waals surface area contributed by atoms with Crippen molar-refractivity contribution in [1.82, 2.24) is 15.1 Å². The van der Waals surface area contributed by atoms with Gasteiger partial charge in [0.1, 0.15) is 0 Å². The van der Waals surface area contributed by atoms with Crippen LogP contribution in [0.15, 0.2) is 23.0 Å². The summed E-state index contributed by atoms with van der Waals surface area (Å²) in [7, 11) is 0. The number of aryl methyl sites for hydroxylation is 2. The first-order valence-corrected chi connectivity index (χ1v) is 5.57. The van der Waals surface area contributed by atoms with Crippen LogP contribution >= 0.6 is 0 Å². The first-order valence-electron chi connectivity index (χ1n) is 5.57. The Morgan fingerprint density at radius 2 is 1.88 bits per heavy atom. The minimum atomic E-state index is 0.318. The Balaban J connectivity index is 0.000000686. The summed E-state index contributed by atoms with van der Waals surface area (Å²) >= 11 is 0. The highest BCUT2D eigenvalue weighted by Crippen LogP contribution is 2.08. The van der Waals surface area contributed by atoms with Crippen molar-refractivity contribution in [2.45, 2.75) is 34.3 Å². The molecule has 0 radical (unpaired) electrons. The Hall–Kier alpha value is -1.91. The first-order chi connectivity index (χ1) is 8.24. The average molecular weight is 235 g/mol. The summed E-state index contributed by atoms with van der Waals surface area (Å²) in [6.07, 6.45) is 3.24. The zero-order valence-electron chi connectivity index (χ0n) is 10.6. The van der Waals surface area contributed by atoms with E-state index < -0.39 is 0 Å². The maximum Gasteiger partial charge on any atom is 0.232 e. The van der Waals surface area contributed by atoms with E-state index in [1.165, 1.54) is 0 Å². The molecule has 0 N–H and O–H groups in total. The van der Waals surface area contributed by atoms with E-state index in [9.17, 15) is 0 Å². The molecule has 2 rings (SSSR count). The van der Waals surface area contributed by atoms with Crippen LogP contribution in [0.2, 0.25) is 0 Å². The van der Waals surface area contributed by atoms with E-state index in [4.69, 9.17) is 9.26 Å². The molecule has 0 aliphatic rings. The number of aromatic nitrogens is 3. The summed E-state index contributed by atoms with van der Waals surface area (Å²) < 4.78 is 10.3. The van der Waals surface area contributed by atoms with Crippen LogP contribution in [0.4, 0.5) is 0 Å². The molecule has 0 spiro atoms. The van der Waals surface area contributed by atoms with E-state index in [1.54, 1.807) is 12.4 Å². The average Bonchev–Trinajstić information content (AvgIpc) is 2.77. The lowest BCUT2D eigenvalue weighted by atomic mass is 10.4. The van der Waals surface area contributed by atoms with E-state index in [0.717, 1.165) is 11.4 Å². The Morgan fingerprint density at radius 3 is 2.41 bits per heavy atom. The Kier molecular flexibility index (Phi) is 5.13. The molecule has 0 bridgehead atoms. The molecular weight excluding hydrogens is 218 g/mol. The molecule has 0 fully saturated rings. The summed E-state index contributed by atoms with van der Waals surface area (Å²) in [4.78, 5) is 8.12. The van der Waals surface area contributed by atoms with Gasteiger partial charge in [0.25, 0.3) is 0 Å². The van der Waals surface area contributed by atoms with Gasteiger partial charge < -0.3 is 9.26 Å². The smallest absolute Gasteiger partial charge is 0.232 e. The number of hydrogen-bond donors (Lipinski definition) is 0. The summed E-state index contributed by atoms with van der Waals surface area (Å²) in [6, 6.07) is 1.82. The highest BCUT2D eigenvalue weighted by atomic mass is 16.5. The Bertz CT molecular complexity index is 437. The second kappa shape index (κ2) is 6.62. The van der Waals surface area contributed by atoms with Crippen LogP contribution < -0.4 is 4.74 Å². The van der Waals surface area contributed by atoms with Gasteiger partial charge in [0.15, 0.2) is 12.4 Å². The molecule has 5 nitrogen and oxygen atoms in total. The van der Waals surface area contributed by atoms with Crippen molar-refractivity contribution in [3.8, 4) is 5.88 Å². The highest BCUT2D eigenvalue weighted by Gasteiger charge is 2.02. The standard InChI is InChI=1S/C10H11N3O2.C2H6/c1-7-3-9(15-13-7)6-14-10-5-11-8(2)4-12-10;1-2/h3-5H,6H2,1-2H3;1-2H3. The SMILES string of the molecule is CC.Cc1cnc(OCc2cc(C)no2)cn1. The van der Waals surface area contributed by atoms with Gasteiger partial charge in [-0.2, -0.15) is 0 Å². The molecule has 5 heteroatoms. The fourth-order valence-corrected chi connectivity index (χ4v) is 1.08. The first kappa shape index (κ1) is 13.2. The second-order valence-electron chi connectivity index (χ2n) is 3.22. The molecule has 2 aromatic heterocycles. The molecule has 0 saturated heterocycles. The maximum absolute atomic E-state index is 5.35. The highest BCUT2D eigenvalue weighted by molar-refractivity contribution is 5.07. The molecule has 0 unspecified atom stereocenters. The van der Waals surface area contributed by atoms with Gasteiger partial charge in [-0.3, -0.25) is 4.98 Å². The normalized spacial score (nSPS) is 9.41. The van der Waals surface area contributed by atoms with Gasteiger partial charge in [0, 0.05) is 6.07 Å². The molecule has 2 aromatic rings. The third-order valence-electron chi connectivity index (χ3n) is 1.80. The van der Waals surface area contributed by atoms with E-state index in [-0.39, 0.29) is 0 Å². The number of hydrogen-bond acceptors (Lipinski definition) is 5. The van der Waals surface area contributed by atoms with Gasteiger partial charge in [-0.1, -0.05) is 19.0 Å². The molecular formula is C12H17N3O2. The van der Waals surface area contributed by atoms with Gasteiger partial charge in [0.05, 0.1) is 23.8 Å². The van der Waals surface area contributed by atoms with Crippen molar-refractivity contribution in [3.05, 3.63) is 35.6 Å². The lowest BCUT2D eigenvalue weighted by Gasteiger charge is -2.01. The summed E-state index contributed by atoms with van der Waals surface area (Å²) in [5.41, 5.74) is 1.70. The van der Waals surface area contributed by atoms with Crippen LogP contribution in [-0.4, -0.2) is 15.1 Å². The predicted octanol–water partition coefficient (Wildman–Crippen LogP) is 2.69. The van der Waals surface area contributed by atoms with E-state index in [1.807, 2.05) is 33.8 Å². The van der Waals surface area contributed by atoms with Crippen molar-refractivity contribution in [3.63, 3.8) is 0 Å². The monoisotopic (exact) mass is 235 g/mol. The van der Waals surface area contributed by atoms with Crippen LogP contribution in [0.3, 0.4) is 0 Å². The third-order valence-corrected chi connectivity index (χ3v) is 1.80. The van der Waals surface area contributed by atoms with Gasteiger partial charge >= 0.3 is 0 Å². The zero-order valence-corrected chi connectivity index (χ0v) is 10.6. The second-order valence-corrected chi connectivity index (χ2v) is 3.22. The zero-order chi connectivity index (χ0) is 12.7. The summed E-state index contributed by atoms with van der Waals surface area (Å²) in [5.74, 6) is 1.16. The summed E-state index contributed by atoms with van der Waals surface area (Å²) in [5, 5.41) is 3.75. The number of nitrogens with zero attached hydrogens (tertiary/aromatic N) is 3. The summed E-state index contributed by atoms with van der Waals surface area (Å²) in [6.45, 7) is 8.05. The molecule has 0 amide bonds. The fourth-order valence-electron chi connectivity index (χ4n) is 1.08. The van der Waals surface area contributed by atoms with Gasteiger partial charge in [0.2, 0.25) is 5.88 Å². The maximum atomic E-state index is 5.35. The lowest BCUT2D eigenvalue weighted by molar-refractivity contribution is 0.240. The molecule has 0 saturated carbocycles. The largest absolute Gasteiger partial charge is 0.468 e. The number of rotatable bonds is 3. The Morgan fingerprint density at radius 1 is 1.12 bits per heavy atom. The van der Waals surface area contributed by atoms with E-state index in [0.29, 0.717) is 18.2 Å². The molecule has 0 atom stereocenters. The van der Waals surface area contributed by atoms with Crippen molar-refractivity contribution < 1.29 is 9.26 Å². The van der Waals surface area contributed by atoms with Crippen LogP contribution in [-0.2, 0) is 6.61 Å². The molecule has 0 aromatic carbocycles. The topological polar surface area (TPSA) is 61.0 Å².